The number of nitrogens with one attached hydrogen (secondary N) is 1. The summed E-state index contributed by atoms with van der Waals surface area (Å²) in [6.07, 6.45) is 1.91. The van der Waals surface area contributed by atoms with E-state index in [0.717, 1.165) is 11.7 Å². The van der Waals surface area contributed by atoms with E-state index in [0.29, 0.717) is 6.54 Å². The summed E-state index contributed by atoms with van der Waals surface area (Å²) in [7, 11) is 1.71. The number of hydrogen-bond donors (Lipinski definition) is 1. The second kappa shape index (κ2) is 5.12. The molecule has 4 heteroatoms. The molecule has 0 aliphatic carbocycles. The van der Waals surface area contributed by atoms with E-state index in [1.54, 1.807) is 13.3 Å². The monoisotopic (exact) mass is 198 g/mol. The Balaban J connectivity index is 2.33. The fourth-order valence-electron chi connectivity index (χ4n) is 1.10. The zero-order chi connectivity index (χ0) is 10.6. The van der Waals surface area contributed by atoms with Gasteiger partial charge >= 0.3 is 0 Å². The first-order valence-electron chi connectivity index (χ1n) is 4.81. The Labute approximate surface area is 84.7 Å². The number of nitrogens with zero attached hydrogens (tertiary/aromatic N) is 1. The second-order valence-electron chi connectivity index (χ2n) is 3.48. The molecule has 2 unspecified atom stereocenters. The van der Waals surface area contributed by atoms with Crippen molar-refractivity contribution in [3.8, 4) is 0 Å². The van der Waals surface area contributed by atoms with Crippen LogP contribution in [0.5, 0.6) is 0 Å². The number of ether oxygens (including phenoxy) is 1. The van der Waals surface area contributed by atoms with Crippen LogP contribution in [-0.4, -0.2) is 24.2 Å². The third kappa shape index (κ3) is 3.12. The van der Waals surface area contributed by atoms with Gasteiger partial charge in [0.1, 0.15) is 5.76 Å². The van der Waals surface area contributed by atoms with E-state index in [2.05, 4.69) is 17.2 Å². The molecule has 0 saturated heterocycles. The van der Waals surface area contributed by atoms with Crippen LogP contribution in [0, 0.1) is 6.92 Å². The molecule has 0 aromatic carbocycles. The molecule has 0 amide bonds. The van der Waals surface area contributed by atoms with Crippen molar-refractivity contribution < 1.29 is 9.15 Å². The average Bonchev–Trinajstić information content (AvgIpc) is 2.59. The lowest BCUT2D eigenvalue weighted by Crippen LogP contribution is -2.36. The Kier molecular flexibility index (Phi) is 4.10. The van der Waals surface area contributed by atoms with Crippen molar-refractivity contribution in [1.29, 1.82) is 0 Å². The molecular weight excluding hydrogens is 180 g/mol. The van der Waals surface area contributed by atoms with Crippen LogP contribution < -0.4 is 5.32 Å². The fourth-order valence-corrected chi connectivity index (χ4v) is 1.10. The van der Waals surface area contributed by atoms with Crippen molar-refractivity contribution in [2.75, 3.05) is 7.11 Å². The topological polar surface area (TPSA) is 47.3 Å². The summed E-state index contributed by atoms with van der Waals surface area (Å²) in [4.78, 5) is 4.10. The van der Waals surface area contributed by atoms with Gasteiger partial charge in [-0.3, -0.25) is 0 Å². The number of aromatic nitrogens is 1. The Hall–Kier alpha value is -0.870. The third-order valence-corrected chi connectivity index (χ3v) is 2.32. The van der Waals surface area contributed by atoms with E-state index >= 15 is 0 Å². The Bertz CT molecular complexity index is 273. The molecule has 0 spiro atoms. The first-order valence-corrected chi connectivity index (χ1v) is 4.81. The minimum absolute atomic E-state index is 0.186. The van der Waals surface area contributed by atoms with Crippen molar-refractivity contribution in [2.45, 2.75) is 39.5 Å². The Morgan fingerprint density at radius 2 is 2.29 bits per heavy atom. The molecule has 0 saturated carbocycles. The first kappa shape index (κ1) is 11.2. The van der Waals surface area contributed by atoms with E-state index in [9.17, 15) is 0 Å². The number of aryl methyl sites for hydroxylation is 1. The minimum Gasteiger partial charge on any atom is -0.445 e. The van der Waals surface area contributed by atoms with E-state index in [1.807, 2.05) is 13.8 Å². The normalized spacial score (nSPS) is 15.4. The highest BCUT2D eigenvalue weighted by molar-refractivity contribution is 4.90. The van der Waals surface area contributed by atoms with Gasteiger partial charge in [-0.2, -0.15) is 0 Å². The summed E-state index contributed by atoms with van der Waals surface area (Å²) >= 11 is 0. The van der Waals surface area contributed by atoms with Gasteiger partial charge in [0.05, 0.1) is 18.8 Å². The molecule has 0 radical (unpaired) electrons. The third-order valence-electron chi connectivity index (χ3n) is 2.32. The molecule has 1 rings (SSSR count). The maximum Gasteiger partial charge on any atom is 0.208 e. The van der Waals surface area contributed by atoms with Crippen LogP contribution in [0.25, 0.3) is 0 Å². The lowest BCUT2D eigenvalue weighted by molar-refractivity contribution is 0.0873. The van der Waals surface area contributed by atoms with E-state index < -0.39 is 0 Å². The molecule has 0 aliphatic heterocycles. The van der Waals surface area contributed by atoms with Crippen LogP contribution in [-0.2, 0) is 11.3 Å². The van der Waals surface area contributed by atoms with Gasteiger partial charge < -0.3 is 14.5 Å². The van der Waals surface area contributed by atoms with Crippen LogP contribution in [0.2, 0.25) is 0 Å². The minimum atomic E-state index is 0.186. The van der Waals surface area contributed by atoms with Gasteiger partial charge in [-0.15, -0.1) is 0 Å². The van der Waals surface area contributed by atoms with Crippen LogP contribution in [0.1, 0.15) is 25.5 Å². The zero-order valence-corrected chi connectivity index (χ0v) is 9.20. The SMILES string of the molecule is COC(C)C(C)NCc1ncc(C)o1. The largest absolute Gasteiger partial charge is 0.445 e. The van der Waals surface area contributed by atoms with Gasteiger partial charge in [0.2, 0.25) is 5.89 Å². The molecule has 80 valence electrons. The van der Waals surface area contributed by atoms with Crippen LogP contribution in [0.4, 0.5) is 0 Å². The number of hydrogen-bond acceptors (Lipinski definition) is 4. The lowest BCUT2D eigenvalue weighted by Gasteiger charge is -2.18. The highest BCUT2D eigenvalue weighted by Crippen LogP contribution is 2.02. The summed E-state index contributed by atoms with van der Waals surface area (Å²) in [6.45, 7) is 6.63. The Morgan fingerprint density at radius 1 is 1.57 bits per heavy atom. The van der Waals surface area contributed by atoms with Crippen molar-refractivity contribution in [3.05, 3.63) is 17.8 Å². The molecule has 1 aromatic heterocycles. The van der Waals surface area contributed by atoms with Crippen molar-refractivity contribution in [2.24, 2.45) is 0 Å². The standard InChI is InChI=1S/C10H18N2O2/c1-7-5-12-10(14-7)6-11-8(2)9(3)13-4/h5,8-9,11H,6H2,1-4H3. The quantitative estimate of drug-likeness (QED) is 0.778. The summed E-state index contributed by atoms with van der Waals surface area (Å²) in [5.74, 6) is 1.56. The highest BCUT2D eigenvalue weighted by Gasteiger charge is 2.11. The van der Waals surface area contributed by atoms with Crippen LogP contribution in [0.15, 0.2) is 10.6 Å². The fraction of sp³-hybridized carbons (Fsp3) is 0.700. The summed E-state index contributed by atoms with van der Waals surface area (Å²) in [6, 6.07) is 0.284. The highest BCUT2D eigenvalue weighted by atomic mass is 16.5. The summed E-state index contributed by atoms with van der Waals surface area (Å²) in [5.41, 5.74) is 0. The predicted octanol–water partition coefficient (Wildman–Crippen LogP) is 1.50. The lowest BCUT2D eigenvalue weighted by atomic mass is 10.2. The Morgan fingerprint density at radius 3 is 2.79 bits per heavy atom. The van der Waals surface area contributed by atoms with Crippen molar-refractivity contribution in [3.63, 3.8) is 0 Å². The average molecular weight is 198 g/mol. The molecule has 4 nitrogen and oxygen atoms in total. The van der Waals surface area contributed by atoms with Gasteiger partial charge in [0.15, 0.2) is 0 Å². The van der Waals surface area contributed by atoms with Crippen molar-refractivity contribution >= 4 is 0 Å². The number of oxazole rings is 1. The van der Waals surface area contributed by atoms with Gasteiger partial charge in [-0.25, -0.2) is 4.98 Å². The van der Waals surface area contributed by atoms with Crippen LogP contribution >= 0.6 is 0 Å². The first-order chi connectivity index (χ1) is 6.63. The van der Waals surface area contributed by atoms with Gasteiger partial charge in [-0.1, -0.05) is 0 Å². The van der Waals surface area contributed by atoms with E-state index in [-0.39, 0.29) is 12.1 Å². The zero-order valence-electron chi connectivity index (χ0n) is 9.20. The molecule has 0 fully saturated rings. The molecule has 1 N–H and O–H groups in total. The second-order valence-corrected chi connectivity index (χ2v) is 3.48. The van der Waals surface area contributed by atoms with E-state index in [1.165, 1.54) is 0 Å². The number of rotatable bonds is 5. The summed E-state index contributed by atoms with van der Waals surface area (Å²) in [5, 5.41) is 3.28. The molecule has 0 bridgehead atoms. The smallest absolute Gasteiger partial charge is 0.208 e. The van der Waals surface area contributed by atoms with E-state index in [4.69, 9.17) is 9.15 Å². The summed E-state index contributed by atoms with van der Waals surface area (Å²) < 4.78 is 10.5. The van der Waals surface area contributed by atoms with Crippen LogP contribution in [0.3, 0.4) is 0 Å². The molecular formula is C10H18N2O2. The predicted molar refractivity (Wildman–Crippen MR) is 54.0 cm³/mol. The number of methoxy groups -OCH3 is 1. The van der Waals surface area contributed by atoms with Gasteiger partial charge in [0.25, 0.3) is 0 Å². The molecule has 1 heterocycles. The molecule has 14 heavy (non-hydrogen) atoms. The van der Waals surface area contributed by atoms with Crippen molar-refractivity contribution in [1.82, 2.24) is 10.3 Å². The molecule has 0 aliphatic rings. The van der Waals surface area contributed by atoms with Gasteiger partial charge in [-0.05, 0) is 20.8 Å². The maximum absolute atomic E-state index is 5.33. The molecule has 1 aromatic rings. The maximum atomic E-state index is 5.33. The van der Waals surface area contributed by atoms with Gasteiger partial charge in [0, 0.05) is 13.2 Å². The molecule has 2 atom stereocenters.